The number of primary amides is 1. The molecule has 3 N–H and O–H groups in total. The van der Waals surface area contributed by atoms with Crippen molar-refractivity contribution in [2.24, 2.45) is 17.1 Å². The molecule has 0 aliphatic heterocycles. The van der Waals surface area contributed by atoms with E-state index >= 15 is 0 Å². The first kappa shape index (κ1) is 21.6. The number of rotatable bonds is 10. The summed E-state index contributed by atoms with van der Waals surface area (Å²) in [6.07, 6.45) is 8.83. The van der Waals surface area contributed by atoms with Gasteiger partial charge in [-0.15, -0.1) is 0 Å². The second kappa shape index (κ2) is 8.88. The lowest BCUT2D eigenvalue weighted by Gasteiger charge is -2.14. The molecular formula is C22H24ClN3O4S. The molecule has 0 spiro atoms. The van der Waals surface area contributed by atoms with E-state index in [4.69, 9.17) is 26.8 Å². The third-order valence-electron chi connectivity index (χ3n) is 5.35. The zero-order valence-electron chi connectivity index (χ0n) is 17.1. The molecule has 2 amide bonds. The number of carbonyl (C=O) groups excluding carboxylic acids is 2. The lowest BCUT2D eigenvalue weighted by Crippen LogP contribution is -2.43. The summed E-state index contributed by atoms with van der Waals surface area (Å²) in [6, 6.07) is 5.09. The monoisotopic (exact) mass is 461 g/mol. The van der Waals surface area contributed by atoms with E-state index in [0.717, 1.165) is 17.2 Å². The normalized spacial score (nSPS) is 17.9. The summed E-state index contributed by atoms with van der Waals surface area (Å²) in [5.74, 6) is 1.03. The number of carbonyl (C=O) groups is 2. The summed E-state index contributed by atoms with van der Waals surface area (Å²) in [5, 5.41) is 3.72. The van der Waals surface area contributed by atoms with Crippen molar-refractivity contribution < 1.29 is 19.1 Å². The van der Waals surface area contributed by atoms with E-state index in [0.29, 0.717) is 34.7 Å². The van der Waals surface area contributed by atoms with Gasteiger partial charge in [0.25, 0.3) is 5.19 Å². The molecule has 0 saturated heterocycles. The molecule has 0 bridgehead atoms. The van der Waals surface area contributed by atoms with E-state index in [-0.39, 0.29) is 11.9 Å². The molecule has 1 aromatic carbocycles. The van der Waals surface area contributed by atoms with Gasteiger partial charge in [-0.1, -0.05) is 29.0 Å². The van der Waals surface area contributed by atoms with E-state index in [2.05, 4.69) is 10.3 Å². The Bertz CT molecular complexity index is 1010. The fourth-order valence-electron chi connectivity index (χ4n) is 2.98. The van der Waals surface area contributed by atoms with Crippen molar-refractivity contribution in [3.8, 4) is 16.7 Å². The minimum absolute atomic E-state index is 0.256. The van der Waals surface area contributed by atoms with Crippen molar-refractivity contribution in [1.82, 2.24) is 10.3 Å². The number of benzene rings is 1. The van der Waals surface area contributed by atoms with Crippen molar-refractivity contribution in [2.75, 3.05) is 6.61 Å². The van der Waals surface area contributed by atoms with E-state index < -0.39 is 11.3 Å². The largest absolute Gasteiger partial charge is 0.493 e. The minimum Gasteiger partial charge on any atom is -0.493 e. The van der Waals surface area contributed by atoms with E-state index in [1.807, 2.05) is 25.1 Å². The highest BCUT2D eigenvalue weighted by Gasteiger charge is 2.55. The maximum Gasteiger partial charge on any atom is 0.279 e. The smallest absolute Gasteiger partial charge is 0.279 e. The highest BCUT2D eigenvalue weighted by atomic mass is 35.5. The molecule has 1 atom stereocenters. The second-order valence-corrected chi connectivity index (χ2v) is 9.48. The summed E-state index contributed by atoms with van der Waals surface area (Å²) < 4.78 is 11.5. The number of nitrogens with two attached hydrogens (primary N) is 1. The van der Waals surface area contributed by atoms with Crippen LogP contribution in [-0.4, -0.2) is 29.4 Å². The van der Waals surface area contributed by atoms with Crippen LogP contribution >= 0.6 is 22.9 Å². The van der Waals surface area contributed by atoms with Crippen molar-refractivity contribution >= 4 is 40.8 Å². The summed E-state index contributed by atoms with van der Waals surface area (Å²) in [5.41, 5.74) is 4.31. The van der Waals surface area contributed by atoms with Crippen LogP contribution in [0.4, 0.5) is 0 Å². The second-order valence-electron chi connectivity index (χ2n) is 8.04. The Hall–Kier alpha value is -2.58. The Kier molecular flexibility index (Phi) is 6.20. The van der Waals surface area contributed by atoms with Crippen molar-refractivity contribution in [3.63, 3.8) is 0 Å². The summed E-state index contributed by atoms with van der Waals surface area (Å²) >= 11 is 7.67. The van der Waals surface area contributed by atoms with Gasteiger partial charge in [-0.25, -0.2) is 4.98 Å². The van der Waals surface area contributed by atoms with Crippen LogP contribution < -0.4 is 20.5 Å². The highest BCUT2D eigenvalue weighted by Crippen LogP contribution is 2.45. The third kappa shape index (κ3) is 5.37. The average Bonchev–Trinajstić information content (AvgIpc) is 3.65. The van der Waals surface area contributed by atoms with Gasteiger partial charge in [0.05, 0.1) is 16.5 Å². The topological polar surface area (TPSA) is 104 Å². The number of halogens is 1. The molecule has 9 heteroatoms. The lowest BCUT2D eigenvalue weighted by atomic mass is 10.1. The summed E-state index contributed by atoms with van der Waals surface area (Å²) in [6.45, 7) is 2.55. The number of aromatic nitrogens is 1. The average molecular weight is 462 g/mol. The first-order chi connectivity index (χ1) is 14.9. The van der Waals surface area contributed by atoms with Crippen LogP contribution in [0.1, 0.15) is 37.5 Å². The Balaban J connectivity index is 1.30. The van der Waals surface area contributed by atoms with Gasteiger partial charge in [-0.2, -0.15) is 0 Å². The molecule has 0 radical (unpaired) electrons. The molecule has 4 rings (SSSR count). The van der Waals surface area contributed by atoms with Crippen LogP contribution in [-0.2, 0) is 9.59 Å². The van der Waals surface area contributed by atoms with Crippen molar-refractivity contribution in [1.29, 1.82) is 0 Å². The van der Waals surface area contributed by atoms with E-state index in [1.165, 1.54) is 24.2 Å². The van der Waals surface area contributed by atoms with Crippen LogP contribution in [0.25, 0.3) is 6.08 Å². The lowest BCUT2D eigenvalue weighted by molar-refractivity contribution is -0.135. The Morgan fingerprint density at radius 2 is 2.19 bits per heavy atom. The molecule has 2 saturated carbocycles. The fraction of sp³-hybridized carbons (Fsp3) is 0.409. The quantitative estimate of drug-likeness (QED) is 0.517. The standard InChI is InChI=1S/C22H24ClN3O4S/c1-13(26-20(28)22(8-9-22)19(24)27)2-6-16-11-25-21(31-16)30-18-7-5-15(10-17(18)23)29-12-14-3-4-14/h2,5-7,10-11,13-14H,3-4,8-9,12H2,1H3,(H2,24,27)(H,26,28)/b6-2+/t13-/m0/s1. The first-order valence-corrected chi connectivity index (χ1v) is 11.4. The molecule has 1 aromatic heterocycles. The maximum absolute atomic E-state index is 12.2. The summed E-state index contributed by atoms with van der Waals surface area (Å²) in [7, 11) is 0. The van der Waals surface area contributed by atoms with Crippen LogP contribution in [0.5, 0.6) is 16.7 Å². The summed E-state index contributed by atoms with van der Waals surface area (Å²) in [4.78, 5) is 28.8. The fourth-order valence-corrected chi connectivity index (χ4v) is 3.88. The number of nitrogens with zero attached hydrogens (tertiary/aromatic N) is 1. The predicted molar refractivity (Wildman–Crippen MR) is 119 cm³/mol. The molecule has 2 aliphatic rings. The van der Waals surface area contributed by atoms with Gasteiger partial charge in [0.2, 0.25) is 11.8 Å². The van der Waals surface area contributed by atoms with Gasteiger partial charge in [0.15, 0.2) is 0 Å². The Morgan fingerprint density at radius 1 is 1.42 bits per heavy atom. The van der Waals surface area contributed by atoms with Crippen LogP contribution in [0.3, 0.4) is 0 Å². The molecule has 2 fully saturated rings. The number of hydrogen-bond donors (Lipinski definition) is 2. The van der Waals surface area contributed by atoms with Gasteiger partial charge >= 0.3 is 0 Å². The third-order valence-corrected chi connectivity index (χ3v) is 6.49. The maximum atomic E-state index is 12.2. The van der Waals surface area contributed by atoms with Gasteiger partial charge in [-0.3, -0.25) is 9.59 Å². The van der Waals surface area contributed by atoms with E-state index in [9.17, 15) is 9.59 Å². The molecular weight excluding hydrogens is 438 g/mol. The molecule has 31 heavy (non-hydrogen) atoms. The molecule has 7 nitrogen and oxygen atoms in total. The van der Waals surface area contributed by atoms with Gasteiger partial charge in [-0.05, 0) is 56.7 Å². The van der Waals surface area contributed by atoms with Crippen LogP contribution in [0.15, 0.2) is 30.5 Å². The number of nitrogens with one attached hydrogen (secondary N) is 1. The number of thiazole rings is 1. The highest BCUT2D eigenvalue weighted by molar-refractivity contribution is 7.14. The number of hydrogen-bond acceptors (Lipinski definition) is 6. The SMILES string of the molecule is C[C@@H](/C=C/c1cnc(Oc2ccc(OCC3CC3)cc2Cl)s1)NC(=O)C1(C(N)=O)CC1. The van der Waals surface area contributed by atoms with Gasteiger partial charge in [0.1, 0.15) is 16.9 Å². The Morgan fingerprint density at radius 3 is 2.84 bits per heavy atom. The molecule has 2 aromatic rings. The minimum atomic E-state index is -1.02. The number of ether oxygens (including phenoxy) is 2. The molecule has 0 unspecified atom stereocenters. The molecule has 164 valence electrons. The number of amides is 2. The van der Waals surface area contributed by atoms with Gasteiger partial charge < -0.3 is 20.5 Å². The zero-order valence-corrected chi connectivity index (χ0v) is 18.7. The molecule has 1 heterocycles. The van der Waals surface area contributed by atoms with Crippen molar-refractivity contribution in [3.05, 3.63) is 40.4 Å². The Labute approximate surface area is 189 Å². The first-order valence-electron chi connectivity index (χ1n) is 10.2. The zero-order chi connectivity index (χ0) is 22.0. The molecule has 2 aliphatic carbocycles. The predicted octanol–water partition coefficient (Wildman–Crippen LogP) is 4.16. The van der Waals surface area contributed by atoms with Crippen molar-refractivity contribution in [2.45, 2.75) is 38.6 Å². The van der Waals surface area contributed by atoms with E-state index in [1.54, 1.807) is 18.3 Å². The van der Waals surface area contributed by atoms with Crippen LogP contribution in [0.2, 0.25) is 5.02 Å². The van der Waals surface area contributed by atoms with Gasteiger partial charge in [0, 0.05) is 18.3 Å². The van der Waals surface area contributed by atoms with Crippen LogP contribution in [0, 0.1) is 11.3 Å².